The van der Waals surface area contributed by atoms with Crippen LogP contribution in [0.4, 0.5) is 11.6 Å². The van der Waals surface area contributed by atoms with Crippen molar-refractivity contribution in [3.8, 4) is 16.5 Å². The predicted octanol–water partition coefficient (Wildman–Crippen LogP) is 3.67. The zero-order chi connectivity index (χ0) is 14.8. The van der Waals surface area contributed by atoms with Crippen molar-refractivity contribution in [2.24, 2.45) is 0 Å². The lowest BCUT2D eigenvalue weighted by atomic mass is 10.3. The van der Waals surface area contributed by atoms with E-state index in [1.54, 1.807) is 35.7 Å². The van der Waals surface area contributed by atoms with Crippen LogP contribution in [0.25, 0.3) is 10.7 Å². The van der Waals surface area contributed by atoms with Gasteiger partial charge in [-0.1, -0.05) is 6.07 Å². The number of aromatic hydroxyl groups is 1. The second-order valence-corrected chi connectivity index (χ2v) is 5.80. The van der Waals surface area contributed by atoms with Crippen molar-refractivity contribution in [1.82, 2.24) is 15.0 Å². The first-order valence-electron chi connectivity index (χ1n) is 6.45. The summed E-state index contributed by atoms with van der Waals surface area (Å²) >= 11 is 1.62. The van der Waals surface area contributed by atoms with Crippen LogP contribution in [0, 0.1) is 13.8 Å². The molecule has 5 nitrogen and oxygen atoms in total. The lowest BCUT2D eigenvalue weighted by molar-refractivity contribution is 0.475. The minimum absolute atomic E-state index is 0.197. The van der Waals surface area contributed by atoms with Crippen LogP contribution in [0.15, 0.2) is 36.5 Å². The van der Waals surface area contributed by atoms with E-state index in [0.29, 0.717) is 5.95 Å². The van der Waals surface area contributed by atoms with Gasteiger partial charge in [0, 0.05) is 22.8 Å². The standard InChI is InChI=1S/C15H14N4OS/c1-9-10(2)21-14(17-9)13-6-7-16-15(19-13)18-11-4-3-5-12(20)8-11/h3-8,20H,1-2H3,(H,16,18,19). The molecular formula is C15H14N4OS. The van der Waals surface area contributed by atoms with E-state index < -0.39 is 0 Å². The first-order chi connectivity index (χ1) is 10.1. The molecule has 0 aliphatic rings. The minimum atomic E-state index is 0.197. The lowest BCUT2D eigenvalue weighted by Gasteiger charge is -2.05. The second-order valence-electron chi connectivity index (χ2n) is 4.60. The quantitative estimate of drug-likeness (QED) is 0.772. The Hall–Kier alpha value is -2.47. The van der Waals surface area contributed by atoms with Gasteiger partial charge in [0.1, 0.15) is 16.5 Å². The van der Waals surface area contributed by atoms with Crippen molar-refractivity contribution in [2.45, 2.75) is 13.8 Å². The minimum Gasteiger partial charge on any atom is -0.508 e. The number of anilines is 2. The molecule has 6 heteroatoms. The molecule has 1 aromatic carbocycles. The Morgan fingerprint density at radius 3 is 2.71 bits per heavy atom. The Bertz CT molecular complexity index is 765. The molecule has 0 saturated carbocycles. The van der Waals surface area contributed by atoms with Crippen LogP contribution in [0.2, 0.25) is 0 Å². The number of phenolic OH excluding ortho intramolecular Hbond substituents is 1. The molecule has 2 aromatic heterocycles. The highest BCUT2D eigenvalue weighted by Gasteiger charge is 2.09. The van der Waals surface area contributed by atoms with Gasteiger partial charge in [0.2, 0.25) is 5.95 Å². The summed E-state index contributed by atoms with van der Waals surface area (Å²) in [5.74, 6) is 0.672. The maximum Gasteiger partial charge on any atom is 0.227 e. The number of thiazole rings is 1. The summed E-state index contributed by atoms with van der Waals surface area (Å²) in [4.78, 5) is 14.3. The van der Waals surface area contributed by atoms with Crippen molar-refractivity contribution >= 4 is 23.0 Å². The van der Waals surface area contributed by atoms with Gasteiger partial charge in [0.25, 0.3) is 0 Å². The van der Waals surface area contributed by atoms with Crippen LogP contribution >= 0.6 is 11.3 Å². The van der Waals surface area contributed by atoms with Gasteiger partial charge in [0.15, 0.2) is 0 Å². The summed E-state index contributed by atoms with van der Waals surface area (Å²) < 4.78 is 0. The van der Waals surface area contributed by atoms with E-state index in [2.05, 4.69) is 20.3 Å². The highest BCUT2D eigenvalue weighted by Crippen LogP contribution is 2.26. The van der Waals surface area contributed by atoms with E-state index in [9.17, 15) is 5.11 Å². The fourth-order valence-corrected chi connectivity index (χ4v) is 2.72. The SMILES string of the molecule is Cc1nc(-c2ccnc(Nc3cccc(O)c3)n2)sc1C. The van der Waals surface area contributed by atoms with Crippen molar-refractivity contribution in [1.29, 1.82) is 0 Å². The maximum atomic E-state index is 9.47. The number of hydrogen-bond acceptors (Lipinski definition) is 6. The van der Waals surface area contributed by atoms with Crippen LogP contribution in [-0.4, -0.2) is 20.1 Å². The number of nitrogens with zero attached hydrogens (tertiary/aromatic N) is 3. The van der Waals surface area contributed by atoms with E-state index in [1.165, 1.54) is 4.88 Å². The summed E-state index contributed by atoms with van der Waals surface area (Å²) in [5, 5.41) is 13.4. The summed E-state index contributed by atoms with van der Waals surface area (Å²) in [6.45, 7) is 4.03. The number of nitrogens with one attached hydrogen (secondary N) is 1. The molecule has 0 unspecified atom stereocenters. The molecule has 106 valence electrons. The monoisotopic (exact) mass is 298 g/mol. The van der Waals surface area contributed by atoms with Gasteiger partial charge in [-0.2, -0.15) is 0 Å². The third-order valence-electron chi connectivity index (χ3n) is 3.01. The molecule has 2 N–H and O–H groups in total. The third kappa shape index (κ3) is 3.00. The first-order valence-corrected chi connectivity index (χ1v) is 7.27. The smallest absolute Gasteiger partial charge is 0.227 e. The molecule has 0 spiro atoms. The Balaban J connectivity index is 1.89. The van der Waals surface area contributed by atoms with E-state index in [0.717, 1.165) is 22.1 Å². The first kappa shape index (κ1) is 13.5. The Morgan fingerprint density at radius 2 is 2.00 bits per heavy atom. The number of benzene rings is 1. The second kappa shape index (κ2) is 5.49. The summed E-state index contributed by atoms with van der Waals surface area (Å²) in [7, 11) is 0. The van der Waals surface area contributed by atoms with Gasteiger partial charge in [-0.15, -0.1) is 11.3 Å². The molecule has 0 bridgehead atoms. The number of rotatable bonds is 3. The Morgan fingerprint density at radius 1 is 1.14 bits per heavy atom. The molecule has 3 aromatic rings. The molecule has 0 radical (unpaired) electrons. The van der Waals surface area contributed by atoms with Crippen molar-refractivity contribution in [2.75, 3.05) is 5.32 Å². The van der Waals surface area contributed by atoms with E-state index in [4.69, 9.17) is 0 Å². The van der Waals surface area contributed by atoms with Gasteiger partial charge in [-0.3, -0.25) is 0 Å². The molecule has 0 aliphatic heterocycles. The predicted molar refractivity (Wildman–Crippen MR) is 84.0 cm³/mol. The normalized spacial score (nSPS) is 10.6. The van der Waals surface area contributed by atoms with Gasteiger partial charge in [0.05, 0.1) is 5.69 Å². The Kier molecular flexibility index (Phi) is 3.53. The number of aryl methyl sites for hydroxylation is 2. The average Bonchev–Trinajstić information content (AvgIpc) is 2.79. The molecule has 0 saturated heterocycles. The van der Waals surface area contributed by atoms with E-state index in [1.807, 2.05) is 26.0 Å². The zero-order valence-electron chi connectivity index (χ0n) is 11.7. The molecule has 2 heterocycles. The fraction of sp³-hybridized carbons (Fsp3) is 0.133. The van der Waals surface area contributed by atoms with Gasteiger partial charge >= 0.3 is 0 Å². The van der Waals surface area contributed by atoms with Gasteiger partial charge < -0.3 is 10.4 Å². The molecule has 3 rings (SSSR count). The fourth-order valence-electron chi connectivity index (χ4n) is 1.83. The summed E-state index contributed by atoms with van der Waals surface area (Å²) in [6.07, 6.45) is 1.69. The summed E-state index contributed by atoms with van der Waals surface area (Å²) in [5.41, 5.74) is 2.55. The molecular weight excluding hydrogens is 284 g/mol. The van der Waals surface area contributed by atoms with Crippen LogP contribution in [-0.2, 0) is 0 Å². The van der Waals surface area contributed by atoms with Crippen molar-refractivity contribution < 1.29 is 5.11 Å². The van der Waals surface area contributed by atoms with Crippen molar-refractivity contribution in [3.63, 3.8) is 0 Å². The zero-order valence-corrected chi connectivity index (χ0v) is 12.5. The number of aromatic nitrogens is 3. The molecule has 0 fully saturated rings. The molecule has 0 amide bonds. The van der Waals surface area contributed by atoms with Crippen molar-refractivity contribution in [3.05, 3.63) is 47.1 Å². The molecule has 0 aliphatic carbocycles. The number of phenols is 1. The van der Waals surface area contributed by atoms with Gasteiger partial charge in [-0.05, 0) is 32.0 Å². The lowest BCUT2D eigenvalue weighted by Crippen LogP contribution is -1.97. The van der Waals surface area contributed by atoms with Crippen LogP contribution in [0.3, 0.4) is 0 Å². The third-order valence-corrected chi connectivity index (χ3v) is 4.10. The topological polar surface area (TPSA) is 70.9 Å². The number of hydrogen-bond donors (Lipinski definition) is 2. The van der Waals surface area contributed by atoms with Crippen LogP contribution < -0.4 is 5.32 Å². The van der Waals surface area contributed by atoms with Crippen LogP contribution in [0.1, 0.15) is 10.6 Å². The van der Waals surface area contributed by atoms with E-state index in [-0.39, 0.29) is 5.75 Å². The molecule has 21 heavy (non-hydrogen) atoms. The van der Waals surface area contributed by atoms with Crippen LogP contribution in [0.5, 0.6) is 5.75 Å². The highest BCUT2D eigenvalue weighted by atomic mass is 32.1. The Labute approximate surface area is 126 Å². The summed E-state index contributed by atoms with van der Waals surface area (Å²) in [6, 6.07) is 8.67. The van der Waals surface area contributed by atoms with Gasteiger partial charge in [-0.25, -0.2) is 15.0 Å². The largest absolute Gasteiger partial charge is 0.508 e. The maximum absolute atomic E-state index is 9.47. The average molecular weight is 298 g/mol. The molecule has 0 atom stereocenters. The van der Waals surface area contributed by atoms with E-state index >= 15 is 0 Å². The highest BCUT2D eigenvalue weighted by molar-refractivity contribution is 7.15.